The number of carbonyl (C=O) groups is 2. The lowest BCUT2D eigenvalue weighted by atomic mass is 10.0. The predicted molar refractivity (Wildman–Crippen MR) is 79.8 cm³/mol. The lowest BCUT2D eigenvalue weighted by Crippen LogP contribution is -2.35. The van der Waals surface area contributed by atoms with Gasteiger partial charge in [-0.05, 0) is 24.5 Å². The summed E-state index contributed by atoms with van der Waals surface area (Å²) in [6.07, 6.45) is 0.650. The number of benzene rings is 1. The highest BCUT2D eigenvalue weighted by Gasteiger charge is 2.37. The lowest BCUT2D eigenvalue weighted by Gasteiger charge is -2.14. The molecule has 3 amide bonds. The molecule has 0 aliphatic carbocycles. The fourth-order valence-corrected chi connectivity index (χ4v) is 2.28. The molecule has 1 aromatic carbocycles. The van der Waals surface area contributed by atoms with Crippen molar-refractivity contribution in [3.8, 4) is 5.75 Å². The minimum atomic E-state index is -0.412. The second-order valence-electron chi connectivity index (χ2n) is 5.54. The average Bonchev–Trinajstić information content (AvgIpc) is 2.65. The van der Waals surface area contributed by atoms with Crippen LogP contribution in [0.2, 0.25) is 0 Å². The zero-order chi connectivity index (χ0) is 15.4. The molecular weight excluding hydrogens is 270 g/mol. The van der Waals surface area contributed by atoms with E-state index in [1.807, 2.05) is 13.8 Å². The molecule has 0 radical (unpaired) electrons. The van der Waals surface area contributed by atoms with Crippen molar-refractivity contribution in [1.29, 1.82) is 0 Å². The van der Waals surface area contributed by atoms with Crippen molar-refractivity contribution >= 4 is 17.6 Å². The maximum absolute atomic E-state index is 12.1. The molecule has 1 unspecified atom stereocenters. The molecule has 0 bridgehead atoms. The van der Waals surface area contributed by atoms with Gasteiger partial charge in [0, 0.05) is 11.8 Å². The molecule has 2 rings (SSSR count). The van der Waals surface area contributed by atoms with Crippen molar-refractivity contribution in [2.75, 3.05) is 18.9 Å². The van der Waals surface area contributed by atoms with Crippen LogP contribution in [-0.2, 0) is 4.79 Å². The zero-order valence-electron chi connectivity index (χ0n) is 12.3. The first-order valence-corrected chi connectivity index (χ1v) is 7.07. The highest BCUT2D eigenvalue weighted by atomic mass is 16.5. The maximum Gasteiger partial charge on any atom is 0.324 e. The topological polar surface area (TPSA) is 84.7 Å². The molecule has 114 valence electrons. The van der Waals surface area contributed by atoms with E-state index in [2.05, 4.69) is 5.32 Å². The Morgan fingerprint density at radius 2 is 2.14 bits per heavy atom. The Bertz CT molecular complexity index is 531. The number of hydrogen-bond donors (Lipinski definition) is 2. The Morgan fingerprint density at radius 3 is 2.81 bits per heavy atom. The Hall–Kier alpha value is -2.24. The van der Waals surface area contributed by atoms with Gasteiger partial charge in [-0.1, -0.05) is 19.9 Å². The van der Waals surface area contributed by atoms with E-state index in [1.54, 1.807) is 24.3 Å². The van der Waals surface area contributed by atoms with Gasteiger partial charge in [0.2, 0.25) is 0 Å². The molecule has 1 aliphatic rings. The van der Waals surface area contributed by atoms with Crippen molar-refractivity contribution in [3.05, 3.63) is 24.3 Å². The van der Waals surface area contributed by atoms with Crippen LogP contribution in [0.1, 0.15) is 20.3 Å². The van der Waals surface area contributed by atoms with Crippen LogP contribution in [0.25, 0.3) is 0 Å². The minimum Gasteiger partial charge on any atom is -0.492 e. The second kappa shape index (κ2) is 6.47. The number of rotatable bonds is 6. The van der Waals surface area contributed by atoms with Gasteiger partial charge in [-0.15, -0.1) is 0 Å². The van der Waals surface area contributed by atoms with E-state index in [-0.39, 0.29) is 25.1 Å². The van der Waals surface area contributed by atoms with E-state index in [4.69, 9.17) is 10.5 Å². The summed E-state index contributed by atoms with van der Waals surface area (Å²) < 4.78 is 5.51. The van der Waals surface area contributed by atoms with Crippen molar-refractivity contribution < 1.29 is 14.3 Å². The number of nitrogen functional groups attached to an aromatic ring is 1. The number of nitrogens with two attached hydrogens (primary N) is 1. The maximum atomic E-state index is 12.1. The zero-order valence-corrected chi connectivity index (χ0v) is 12.3. The summed E-state index contributed by atoms with van der Waals surface area (Å²) in [4.78, 5) is 25.1. The van der Waals surface area contributed by atoms with Crippen LogP contribution in [-0.4, -0.2) is 36.0 Å². The van der Waals surface area contributed by atoms with Gasteiger partial charge in [0.15, 0.2) is 0 Å². The van der Waals surface area contributed by atoms with Crippen LogP contribution < -0.4 is 15.8 Å². The normalized spacial score (nSPS) is 18.2. The smallest absolute Gasteiger partial charge is 0.324 e. The number of urea groups is 1. The number of imide groups is 1. The molecule has 0 spiro atoms. The Morgan fingerprint density at radius 1 is 1.38 bits per heavy atom. The Kier molecular flexibility index (Phi) is 4.67. The summed E-state index contributed by atoms with van der Waals surface area (Å²) in [6.45, 7) is 4.51. The number of amides is 3. The largest absolute Gasteiger partial charge is 0.492 e. The third kappa shape index (κ3) is 3.87. The molecule has 0 aromatic heterocycles. The summed E-state index contributed by atoms with van der Waals surface area (Å²) in [7, 11) is 0. The summed E-state index contributed by atoms with van der Waals surface area (Å²) in [5.74, 6) is 0.799. The van der Waals surface area contributed by atoms with E-state index in [0.29, 0.717) is 23.8 Å². The third-order valence-electron chi connectivity index (χ3n) is 3.26. The summed E-state index contributed by atoms with van der Waals surface area (Å²) in [5.41, 5.74) is 6.26. The van der Waals surface area contributed by atoms with E-state index in [9.17, 15) is 9.59 Å². The van der Waals surface area contributed by atoms with Crippen molar-refractivity contribution in [3.63, 3.8) is 0 Å². The third-order valence-corrected chi connectivity index (χ3v) is 3.26. The molecule has 3 N–H and O–H groups in total. The molecule has 1 saturated heterocycles. The van der Waals surface area contributed by atoms with Gasteiger partial charge in [-0.3, -0.25) is 9.69 Å². The van der Waals surface area contributed by atoms with E-state index in [0.717, 1.165) is 0 Å². The number of carbonyl (C=O) groups excluding carboxylic acids is 2. The number of nitrogens with one attached hydrogen (secondary N) is 1. The van der Waals surface area contributed by atoms with Gasteiger partial charge in [-0.2, -0.15) is 0 Å². The molecule has 6 nitrogen and oxygen atoms in total. The highest BCUT2D eigenvalue weighted by Crippen LogP contribution is 2.16. The van der Waals surface area contributed by atoms with Crippen molar-refractivity contribution in [2.45, 2.75) is 26.3 Å². The first-order chi connectivity index (χ1) is 9.97. The summed E-state index contributed by atoms with van der Waals surface area (Å²) in [5, 5.41) is 2.70. The van der Waals surface area contributed by atoms with Gasteiger partial charge in [0.1, 0.15) is 18.4 Å². The number of nitrogens with zero attached hydrogens (tertiary/aromatic N) is 1. The van der Waals surface area contributed by atoms with Crippen molar-refractivity contribution in [2.24, 2.45) is 5.92 Å². The molecule has 1 atom stereocenters. The number of anilines is 1. The highest BCUT2D eigenvalue weighted by molar-refractivity contribution is 6.04. The Labute approximate surface area is 124 Å². The number of hydrogen-bond acceptors (Lipinski definition) is 4. The first-order valence-electron chi connectivity index (χ1n) is 7.07. The van der Waals surface area contributed by atoms with Gasteiger partial charge < -0.3 is 15.8 Å². The fourth-order valence-electron chi connectivity index (χ4n) is 2.28. The van der Waals surface area contributed by atoms with Gasteiger partial charge in [0.25, 0.3) is 5.91 Å². The van der Waals surface area contributed by atoms with Crippen LogP contribution in [0.5, 0.6) is 5.75 Å². The van der Waals surface area contributed by atoms with Crippen LogP contribution >= 0.6 is 0 Å². The van der Waals surface area contributed by atoms with Gasteiger partial charge in [0.05, 0.1) is 6.54 Å². The molecule has 1 fully saturated rings. The van der Waals surface area contributed by atoms with Crippen LogP contribution in [0, 0.1) is 5.92 Å². The molecule has 0 saturated carbocycles. The second-order valence-corrected chi connectivity index (χ2v) is 5.54. The minimum absolute atomic E-state index is 0.176. The van der Waals surface area contributed by atoms with E-state index >= 15 is 0 Å². The number of ether oxygens (including phenoxy) is 1. The monoisotopic (exact) mass is 291 g/mol. The molecule has 6 heteroatoms. The molecule has 21 heavy (non-hydrogen) atoms. The first kappa shape index (κ1) is 15.2. The molecule has 1 heterocycles. The van der Waals surface area contributed by atoms with Gasteiger partial charge >= 0.3 is 6.03 Å². The molecular formula is C15H21N3O3. The van der Waals surface area contributed by atoms with Crippen LogP contribution in [0.15, 0.2) is 24.3 Å². The molecule has 1 aliphatic heterocycles. The lowest BCUT2D eigenvalue weighted by molar-refractivity contribution is -0.128. The quantitative estimate of drug-likeness (QED) is 0.616. The molecule has 1 aromatic rings. The van der Waals surface area contributed by atoms with Gasteiger partial charge in [-0.25, -0.2) is 4.79 Å². The predicted octanol–water partition coefficient (Wildman–Crippen LogP) is 1.61. The van der Waals surface area contributed by atoms with Crippen LogP contribution in [0.4, 0.5) is 10.5 Å². The fraction of sp³-hybridized carbons (Fsp3) is 0.467. The van der Waals surface area contributed by atoms with Crippen LogP contribution in [0.3, 0.4) is 0 Å². The van der Waals surface area contributed by atoms with E-state index < -0.39 is 6.04 Å². The van der Waals surface area contributed by atoms with Crippen molar-refractivity contribution in [1.82, 2.24) is 10.2 Å². The Balaban J connectivity index is 1.85. The average molecular weight is 291 g/mol. The SMILES string of the molecule is CC(C)CC1NC(=O)N(CCOc2cccc(N)c2)C1=O. The van der Waals surface area contributed by atoms with E-state index in [1.165, 1.54) is 4.90 Å². The summed E-state index contributed by atoms with van der Waals surface area (Å²) >= 11 is 0. The summed E-state index contributed by atoms with van der Waals surface area (Å²) in [6, 6.07) is 6.28. The standard InChI is InChI=1S/C15H21N3O3/c1-10(2)8-13-14(19)18(15(20)17-13)6-7-21-12-5-3-4-11(16)9-12/h3-5,9-10,13H,6-8,16H2,1-2H3,(H,17,20).